The third-order valence-corrected chi connectivity index (χ3v) is 8.73. The van der Waals surface area contributed by atoms with Gasteiger partial charge in [-0.15, -0.1) is 0 Å². The van der Waals surface area contributed by atoms with Crippen LogP contribution in [0.25, 0.3) is 0 Å². The number of likely N-dealkylation sites (N-methyl/N-ethyl adjacent to an activating group) is 1. The summed E-state index contributed by atoms with van der Waals surface area (Å²) < 4.78 is 33.9. The molecule has 2 amide bonds. The summed E-state index contributed by atoms with van der Waals surface area (Å²) in [6, 6.07) is 13.1. The molecule has 0 saturated heterocycles. The maximum Gasteiger partial charge on any atom is 0.273 e. The van der Waals surface area contributed by atoms with Crippen molar-refractivity contribution in [1.29, 1.82) is 0 Å². The first-order valence-electron chi connectivity index (χ1n) is 12.2. The van der Waals surface area contributed by atoms with E-state index in [0.717, 1.165) is 10.4 Å². The summed E-state index contributed by atoms with van der Waals surface area (Å²) in [4.78, 5) is 38.1. The lowest BCUT2D eigenvalue weighted by molar-refractivity contribution is -0.385. The van der Waals surface area contributed by atoms with Gasteiger partial charge in [-0.25, -0.2) is 8.42 Å². The highest BCUT2D eigenvalue weighted by Crippen LogP contribution is 2.30. The topological polar surface area (TPSA) is 139 Å². The van der Waals surface area contributed by atoms with Crippen molar-refractivity contribution in [1.82, 2.24) is 10.2 Å². The molecule has 0 fully saturated rings. The number of amides is 2. The SMILES string of the molecule is CNC(=O)[C@H](C)N(Cc1ccc(Cl)cc1Cl)C(=O)CN(c1ccc(OC)cc1)S(=O)(=O)c1ccc(C)c([N+](=O)[O-])c1. The van der Waals surface area contributed by atoms with Gasteiger partial charge in [0.05, 0.1) is 22.6 Å². The zero-order chi connectivity index (χ0) is 30.5. The maximum absolute atomic E-state index is 13.9. The molecule has 0 aliphatic heterocycles. The van der Waals surface area contributed by atoms with E-state index < -0.39 is 39.3 Å². The highest BCUT2D eigenvalue weighted by Gasteiger charge is 2.33. The number of rotatable bonds is 11. The molecular weight excluding hydrogens is 595 g/mol. The van der Waals surface area contributed by atoms with Gasteiger partial charge < -0.3 is 15.0 Å². The summed E-state index contributed by atoms with van der Waals surface area (Å²) in [7, 11) is -1.66. The van der Waals surface area contributed by atoms with E-state index in [0.29, 0.717) is 16.3 Å². The van der Waals surface area contributed by atoms with Gasteiger partial charge >= 0.3 is 0 Å². The van der Waals surface area contributed by atoms with E-state index in [1.54, 1.807) is 12.1 Å². The average Bonchev–Trinajstić information content (AvgIpc) is 2.94. The normalized spacial score (nSPS) is 11.9. The van der Waals surface area contributed by atoms with E-state index in [2.05, 4.69) is 5.32 Å². The van der Waals surface area contributed by atoms with Gasteiger partial charge in [0.1, 0.15) is 18.3 Å². The number of hydrogen-bond donors (Lipinski definition) is 1. The number of carbonyl (C=O) groups excluding carboxylic acids is 2. The number of methoxy groups -OCH3 is 1. The number of ether oxygens (including phenoxy) is 1. The van der Waals surface area contributed by atoms with Crippen LogP contribution in [0.3, 0.4) is 0 Å². The minimum Gasteiger partial charge on any atom is -0.497 e. The second kappa shape index (κ2) is 13.2. The highest BCUT2D eigenvalue weighted by molar-refractivity contribution is 7.92. The number of aryl methyl sites for hydroxylation is 1. The molecule has 41 heavy (non-hydrogen) atoms. The molecule has 0 aliphatic carbocycles. The van der Waals surface area contributed by atoms with Gasteiger partial charge in [-0.2, -0.15) is 0 Å². The van der Waals surface area contributed by atoms with Crippen molar-refractivity contribution in [3.8, 4) is 5.75 Å². The van der Waals surface area contributed by atoms with Crippen molar-refractivity contribution in [2.75, 3.05) is 25.0 Å². The number of benzene rings is 3. The van der Waals surface area contributed by atoms with Gasteiger partial charge in [0.15, 0.2) is 0 Å². The second-order valence-corrected chi connectivity index (χ2v) is 11.7. The van der Waals surface area contributed by atoms with Crippen molar-refractivity contribution in [2.24, 2.45) is 0 Å². The van der Waals surface area contributed by atoms with Crippen LogP contribution < -0.4 is 14.4 Å². The molecule has 0 saturated carbocycles. The molecule has 0 radical (unpaired) electrons. The Kier molecular flexibility index (Phi) is 10.2. The molecule has 14 heteroatoms. The molecule has 0 heterocycles. The number of anilines is 1. The second-order valence-electron chi connectivity index (χ2n) is 8.96. The maximum atomic E-state index is 13.9. The Hall–Kier alpha value is -3.87. The first kappa shape index (κ1) is 31.7. The standard InChI is InChI=1S/C27H28Cl2N4O7S/c1-17-5-12-23(14-25(17)33(36)37)41(38,39)32(21-8-10-22(40-4)11-9-21)16-26(34)31(18(2)27(35)30-3)15-19-6-7-20(28)13-24(19)29/h5-14,18H,15-16H2,1-4H3,(H,30,35)/t18-/m0/s1. The van der Waals surface area contributed by atoms with Gasteiger partial charge in [0.25, 0.3) is 15.7 Å². The molecule has 3 aromatic rings. The fourth-order valence-corrected chi connectivity index (χ4v) is 5.88. The Labute approximate surface area is 247 Å². The first-order chi connectivity index (χ1) is 19.3. The lowest BCUT2D eigenvalue weighted by atomic mass is 10.1. The molecule has 1 atom stereocenters. The van der Waals surface area contributed by atoms with Crippen LogP contribution in [-0.4, -0.2) is 56.8 Å². The molecule has 11 nitrogen and oxygen atoms in total. The predicted molar refractivity (Wildman–Crippen MR) is 156 cm³/mol. The van der Waals surface area contributed by atoms with Crippen LogP contribution in [0.2, 0.25) is 10.0 Å². The van der Waals surface area contributed by atoms with Crippen LogP contribution in [0.5, 0.6) is 5.75 Å². The zero-order valence-corrected chi connectivity index (χ0v) is 25.0. The fourth-order valence-electron chi connectivity index (χ4n) is 3.98. The van der Waals surface area contributed by atoms with Crippen molar-refractivity contribution >= 4 is 56.4 Å². The number of nitrogens with zero attached hydrogens (tertiary/aromatic N) is 3. The Bertz CT molecular complexity index is 1570. The van der Waals surface area contributed by atoms with Gasteiger partial charge in [-0.1, -0.05) is 35.3 Å². The Balaban J connectivity index is 2.11. The Morgan fingerprint density at radius 3 is 2.29 bits per heavy atom. The predicted octanol–water partition coefficient (Wildman–Crippen LogP) is 4.58. The molecule has 3 aromatic carbocycles. The fraction of sp³-hybridized carbons (Fsp3) is 0.259. The van der Waals surface area contributed by atoms with E-state index >= 15 is 0 Å². The van der Waals surface area contributed by atoms with Gasteiger partial charge in [0, 0.05) is 35.3 Å². The summed E-state index contributed by atoms with van der Waals surface area (Å²) in [6.45, 7) is 2.12. The third-order valence-electron chi connectivity index (χ3n) is 6.37. The molecule has 0 bridgehead atoms. The van der Waals surface area contributed by atoms with Crippen LogP contribution in [0.4, 0.5) is 11.4 Å². The minimum absolute atomic E-state index is 0.0967. The third kappa shape index (κ3) is 7.26. The van der Waals surface area contributed by atoms with E-state index in [4.69, 9.17) is 27.9 Å². The monoisotopic (exact) mass is 622 g/mol. The molecule has 3 rings (SSSR count). The van der Waals surface area contributed by atoms with Crippen molar-refractivity contribution in [3.63, 3.8) is 0 Å². The summed E-state index contributed by atoms with van der Waals surface area (Å²) in [5, 5.41) is 14.7. The van der Waals surface area contributed by atoms with Gasteiger partial charge in [-0.05, 0) is 61.9 Å². The van der Waals surface area contributed by atoms with E-state index in [1.165, 1.54) is 75.4 Å². The number of carbonyl (C=O) groups is 2. The van der Waals surface area contributed by atoms with Crippen molar-refractivity contribution in [3.05, 3.63) is 92.0 Å². The molecule has 0 unspecified atom stereocenters. The molecule has 1 N–H and O–H groups in total. The minimum atomic E-state index is -4.52. The Morgan fingerprint density at radius 1 is 1.07 bits per heavy atom. The molecule has 218 valence electrons. The quantitative estimate of drug-likeness (QED) is 0.244. The van der Waals surface area contributed by atoms with Gasteiger partial charge in [0.2, 0.25) is 11.8 Å². The summed E-state index contributed by atoms with van der Waals surface area (Å²) in [5.74, 6) is -0.778. The van der Waals surface area contributed by atoms with Crippen LogP contribution in [-0.2, 0) is 26.2 Å². The number of nitro benzene ring substituents is 1. The number of nitrogens with one attached hydrogen (secondary N) is 1. The van der Waals surface area contributed by atoms with Crippen LogP contribution in [0.15, 0.2) is 65.6 Å². The van der Waals surface area contributed by atoms with Crippen LogP contribution in [0, 0.1) is 17.0 Å². The first-order valence-corrected chi connectivity index (χ1v) is 14.4. The van der Waals surface area contributed by atoms with E-state index in [-0.39, 0.29) is 33.4 Å². The van der Waals surface area contributed by atoms with Crippen molar-refractivity contribution in [2.45, 2.75) is 31.3 Å². The van der Waals surface area contributed by atoms with E-state index in [9.17, 15) is 28.1 Å². The van der Waals surface area contributed by atoms with Crippen LogP contribution >= 0.6 is 23.2 Å². The van der Waals surface area contributed by atoms with Crippen molar-refractivity contribution < 1.29 is 27.7 Å². The largest absolute Gasteiger partial charge is 0.497 e. The average molecular weight is 624 g/mol. The van der Waals surface area contributed by atoms with E-state index in [1.807, 2.05) is 0 Å². The molecule has 0 aliphatic rings. The number of sulfonamides is 1. The smallest absolute Gasteiger partial charge is 0.273 e. The molecule has 0 aromatic heterocycles. The lowest BCUT2D eigenvalue weighted by Crippen LogP contribution is -2.50. The summed E-state index contributed by atoms with van der Waals surface area (Å²) in [5.41, 5.74) is 0.457. The lowest BCUT2D eigenvalue weighted by Gasteiger charge is -2.32. The Morgan fingerprint density at radius 2 is 1.73 bits per heavy atom. The molecule has 0 spiro atoms. The van der Waals surface area contributed by atoms with Gasteiger partial charge in [-0.3, -0.25) is 24.0 Å². The summed E-state index contributed by atoms with van der Waals surface area (Å²) in [6.07, 6.45) is 0. The number of hydrogen-bond acceptors (Lipinski definition) is 7. The summed E-state index contributed by atoms with van der Waals surface area (Å²) >= 11 is 12.3. The zero-order valence-electron chi connectivity index (χ0n) is 22.6. The van der Waals surface area contributed by atoms with Crippen LogP contribution in [0.1, 0.15) is 18.1 Å². The molecular formula is C27H28Cl2N4O7S. The number of halogens is 2. The highest BCUT2D eigenvalue weighted by atomic mass is 35.5. The number of nitro groups is 1.